The molecule has 4 unspecified atom stereocenters. The van der Waals surface area contributed by atoms with Crippen molar-refractivity contribution in [2.24, 2.45) is 34.5 Å². The van der Waals surface area contributed by atoms with Crippen LogP contribution in [0.2, 0.25) is 0 Å². The summed E-state index contributed by atoms with van der Waals surface area (Å²) in [6.45, 7) is 6.95. The maximum atomic E-state index is 12.6. The monoisotopic (exact) mass is 375 g/mol. The number of fused-ring (bicyclic) bond motifs is 5. The summed E-state index contributed by atoms with van der Waals surface area (Å²) in [6.07, 6.45) is 12.7. The van der Waals surface area contributed by atoms with E-state index in [4.69, 9.17) is 4.74 Å². The van der Waals surface area contributed by atoms with Gasteiger partial charge in [-0.1, -0.05) is 13.8 Å². The molecule has 4 rings (SSSR count). The summed E-state index contributed by atoms with van der Waals surface area (Å²) >= 11 is 0. The van der Waals surface area contributed by atoms with Crippen LogP contribution >= 0.6 is 0 Å². The third-order valence-electron chi connectivity index (χ3n) is 9.43. The highest BCUT2D eigenvalue weighted by Gasteiger charge is 2.60. The van der Waals surface area contributed by atoms with Gasteiger partial charge in [-0.3, -0.25) is 4.79 Å². The Labute approximate surface area is 166 Å². The normalized spacial score (nSPS) is 46.9. The quantitative estimate of drug-likeness (QED) is 0.638. The summed E-state index contributed by atoms with van der Waals surface area (Å²) in [4.78, 5) is 14.8. The van der Waals surface area contributed by atoms with Gasteiger partial charge in [0.15, 0.2) is 0 Å². The average Bonchev–Trinajstić information content (AvgIpc) is 2.94. The van der Waals surface area contributed by atoms with Crippen molar-refractivity contribution in [2.75, 3.05) is 27.2 Å². The smallest absolute Gasteiger partial charge is 0.139 e. The van der Waals surface area contributed by atoms with Crippen LogP contribution in [0.15, 0.2) is 0 Å². The molecule has 0 aromatic heterocycles. The fourth-order valence-corrected chi connectivity index (χ4v) is 7.77. The molecule has 4 saturated carbocycles. The van der Waals surface area contributed by atoms with Crippen molar-refractivity contribution in [1.29, 1.82) is 0 Å². The van der Waals surface area contributed by atoms with E-state index >= 15 is 0 Å². The van der Waals surface area contributed by atoms with Crippen LogP contribution in [0, 0.1) is 34.5 Å². The number of carbonyl (C=O) groups excluding carboxylic acids is 1. The second-order valence-electron chi connectivity index (χ2n) is 11.0. The van der Waals surface area contributed by atoms with Crippen LogP contribution in [0.4, 0.5) is 0 Å². The van der Waals surface area contributed by atoms with Crippen LogP contribution < -0.4 is 0 Å². The largest absolute Gasteiger partial charge is 0.378 e. The van der Waals surface area contributed by atoms with E-state index in [0.29, 0.717) is 23.2 Å². The first-order chi connectivity index (χ1) is 12.8. The Morgan fingerprint density at radius 2 is 1.85 bits per heavy atom. The number of hydrogen-bond acceptors (Lipinski definition) is 3. The molecule has 27 heavy (non-hydrogen) atoms. The second-order valence-corrected chi connectivity index (χ2v) is 11.0. The summed E-state index contributed by atoms with van der Waals surface area (Å²) in [6, 6.07) is 0. The van der Waals surface area contributed by atoms with Gasteiger partial charge in [0.25, 0.3) is 0 Å². The van der Waals surface area contributed by atoms with E-state index in [9.17, 15) is 4.79 Å². The predicted molar refractivity (Wildman–Crippen MR) is 110 cm³/mol. The molecule has 0 radical (unpaired) electrons. The molecule has 154 valence electrons. The Hall–Kier alpha value is -0.410. The van der Waals surface area contributed by atoms with Crippen LogP contribution in [0.5, 0.6) is 0 Å². The molecule has 4 aliphatic rings. The van der Waals surface area contributed by atoms with Gasteiger partial charge in [0.05, 0.1) is 6.10 Å². The highest BCUT2D eigenvalue weighted by molar-refractivity contribution is 5.87. The summed E-state index contributed by atoms with van der Waals surface area (Å²) in [5.74, 6) is 3.77. The van der Waals surface area contributed by atoms with Gasteiger partial charge in [0.1, 0.15) is 5.78 Å². The lowest BCUT2D eigenvalue weighted by Gasteiger charge is -2.60. The third-order valence-corrected chi connectivity index (χ3v) is 9.43. The summed E-state index contributed by atoms with van der Waals surface area (Å²) < 4.78 is 6.29. The zero-order valence-corrected chi connectivity index (χ0v) is 18.1. The summed E-state index contributed by atoms with van der Waals surface area (Å²) in [7, 11) is 4.27. The highest BCUT2D eigenvalue weighted by atomic mass is 16.5. The van der Waals surface area contributed by atoms with E-state index in [1.807, 2.05) is 0 Å². The molecule has 7 atom stereocenters. The summed E-state index contributed by atoms with van der Waals surface area (Å²) in [5, 5.41) is 0. The topological polar surface area (TPSA) is 29.5 Å². The number of hydrogen-bond donors (Lipinski definition) is 0. The predicted octanol–water partition coefficient (Wildman–Crippen LogP) is 4.94. The highest BCUT2D eigenvalue weighted by Crippen LogP contribution is 2.65. The van der Waals surface area contributed by atoms with Crippen molar-refractivity contribution in [3.05, 3.63) is 0 Å². The lowest BCUT2D eigenvalue weighted by atomic mass is 9.45. The van der Waals surface area contributed by atoms with Gasteiger partial charge in [-0.15, -0.1) is 0 Å². The average molecular weight is 376 g/mol. The summed E-state index contributed by atoms with van der Waals surface area (Å²) in [5.41, 5.74) is 0.524. The van der Waals surface area contributed by atoms with Crippen LogP contribution in [0.25, 0.3) is 0 Å². The fourth-order valence-electron chi connectivity index (χ4n) is 7.77. The maximum absolute atomic E-state index is 12.6. The van der Waals surface area contributed by atoms with Crippen molar-refractivity contribution in [1.82, 2.24) is 4.90 Å². The van der Waals surface area contributed by atoms with E-state index in [1.54, 1.807) is 0 Å². The Morgan fingerprint density at radius 1 is 1.04 bits per heavy atom. The number of carbonyl (C=O) groups is 1. The van der Waals surface area contributed by atoms with E-state index in [1.165, 1.54) is 44.9 Å². The van der Waals surface area contributed by atoms with Crippen LogP contribution in [0.1, 0.15) is 78.1 Å². The zero-order chi connectivity index (χ0) is 19.2. The molecule has 0 saturated heterocycles. The Morgan fingerprint density at radius 3 is 2.63 bits per heavy atom. The van der Waals surface area contributed by atoms with Gasteiger partial charge in [-0.2, -0.15) is 0 Å². The van der Waals surface area contributed by atoms with Crippen molar-refractivity contribution < 1.29 is 9.53 Å². The molecule has 3 heteroatoms. The molecule has 0 heterocycles. The van der Waals surface area contributed by atoms with Gasteiger partial charge in [0, 0.05) is 18.4 Å². The molecule has 3 nitrogen and oxygen atoms in total. The first-order valence-electron chi connectivity index (χ1n) is 11.6. The van der Waals surface area contributed by atoms with Crippen molar-refractivity contribution >= 4 is 5.78 Å². The van der Waals surface area contributed by atoms with Crippen LogP contribution in [-0.4, -0.2) is 44.0 Å². The van der Waals surface area contributed by atoms with E-state index in [-0.39, 0.29) is 5.41 Å². The standard InChI is InChI=1S/C24H41NO2/c1-23-12-10-18(27-15-5-14-25(3)4)16-17(23)6-7-19-20-8-9-22(26)24(20,2)13-11-21(19)23/h17-21H,5-16H2,1-4H3/t17?,18-,19?,20?,21?,23+,24+/m1/s1. The third kappa shape index (κ3) is 3.41. The van der Waals surface area contributed by atoms with E-state index < -0.39 is 0 Å². The molecule has 0 amide bonds. The second kappa shape index (κ2) is 7.44. The van der Waals surface area contributed by atoms with Crippen molar-refractivity contribution in [2.45, 2.75) is 84.2 Å². The fraction of sp³-hybridized carbons (Fsp3) is 0.958. The number of Topliss-reactive ketones (excluding diaryl/α,β-unsaturated/α-hetero) is 1. The maximum Gasteiger partial charge on any atom is 0.139 e. The molecule has 0 N–H and O–H groups in total. The van der Waals surface area contributed by atoms with Gasteiger partial charge in [-0.25, -0.2) is 0 Å². The van der Waals surface area contributed by atoms with Gasteiger partial charge < -0.3 is 9.64 Å². The number of nitrogens with zero attached hydrogens (tertiary/aromatic N) is 1. The van der Waals surface area contributed by atoms with Crippen molar-refractivity contribution in [3.8, 4) is 0 Å². The molecule has 0 aromatic rings. The Kier molecular flexibility index (Phi) is 5.48. The van der Waals surface area contributed by atoms with Crippen molar-refractivity contribution in [3.63, 3.8) is 0 Å². The zero-order valence-electron chi connectivity index (χ0n) is 18.1. The SMILES string of the molecule is CN(C)CCCO[C@@H]1CC[C@@]2(C)C(CCC3C2CC[C@]2(C)C(=O)CCC32)C1. The Balaban J connectivity index is 1.38. The molecule has 4 fully saturated rings. The molecular weight excluding hydrogens is 334 g/mol. The van der Waals surface area contributed by atoms with Gasteiger partial charge >= 0.3 is 0 Å². The van der Waals surface area contributed by atoms with E-state index in [0.717, 1.165) is 50.2 Å². The number of ether oxygens (including phenoxy) is 1. The molecule has 0 bridgehead atoms. The van der Waals surface area contributed by atoms with Gasteiger partial charge in [0.2, 0.25) is 0 Å². The Bertz CT molecular complexity index is 561. The van der Waals surface area contributed by atoms with E-state index in [2.05, 4.69) is 32.8 Å². The minimum atomic E-state index is 0.0249. The first kappa shape index (κ1) is 19.9. The minimum absolute atomic E-state index is 0.0249. The molecular formula is C24H41NO2. The molecule has 0 aromatic carbocycles. The van der Waals surface area contributed by atoms with Crippen LogP contribution in [-0.2, 0) is 9.53 Å². The number of rotatable bonds is 5. The lowest BCUT2D eigenvalue weighted by molar-refractivity contribution is -0.145. The lowest BCUT2D eigenvalue weighted by Crippen LogP contribution is -2.54. The molecule has 0 spiro atoms. The van der Waals surface area contributed by atoms with Crippen LogP contribution in [0.3, 0.4) is 0 Å². The van der Waals surface area contributed by atoms with Gasteiger partial charge in [-0.05, 0) is 108 Å². The minimum Gasteiger partial charge on any atom is -0.378 e. The first-order valence-corrected chi connectivity index (χ1v) is 11.6. The molecule has 4 aliphatic carbocycles. The molecule has 0 aliphatic heterocycles. The number of ketones is 1.